The van der Waals surface area contributed by atoms with E-state index in [1.165, 1.54) is 0 Å². The second-order valence-electron chi connectivity index (χ2n) is 6.99. The van der Waals surface area contributed by atoms with Crippen LogP contribution >= 0.6 is 15.9 Å². The third kappa shape index (κ3) is 5.49. The summed E-state index contributed by atoms with van der Waals surface area (Å²) < 4.78 is 7.82. The van der Waals surface area contributed by atoms with Crippen LogP contribution in [-0.4, -0.2) is 29.3 Å². The average Bonchev–Trinajstić information content (AvgIpc) is 3.02. The Kier molecular flexibility index (Phi) is 7.41. The lowest BCUT2D eigenvalue weighted by molar-refractivity contribution is -0.142. The minimum absolute atomic E-state index is 0.230. The van der Waals surface area contributed by atoms with E-state index in [0.29, 0.717) is 16.6 Å². The highest BCUT2D eigenvalue weighted by Crippen LogP contribution is 2.21. The van der Waals surface area contributed by atoms with Gasteiger partial charge >= 0.3 is 5.97 Å². The molecule has 0 unspecified atom stereocenters. The molecule has 0 radical (unpaired) electrons. The molecule has 0 fully saturated rings. The monoisotopic (exact) mass is 481 g/mol. The highest BCUT2D eigenvalue weighted by atomic mass is 79.9. The van der Waals surface area contributed by atoms with Gasteiger partial charge < -0.3 is 9.30 Å². The molecular weight excluding hydrogens is 458 g/mol. The number of benzene rings is 2. The van der Waals surface area contributed by atoms with Crippen LogP contribution in [0.4, 0.5) is 0 Å². The van der Waals surface area contributed by atoms with Crippen molar-refractivity contribution in [3.8, 4) is 5.69 Å². The van der Waals surface area contributed by atoms with Gasteiger partial charge in [-0.1, -0.05) is 24.3 Å². The lowest BCUT2D eigenvalue weighted by Crippen LogP contribution is -2.18. The molecule has 0 spiro atoms. The molecule has 1 amide bonds. The molecule has 3 aromatic rings. The summed E-state index contributed by atoms with van der Waals surface area (Å²) in [6.07, 6.45) is 1.90. The summed E-state index contributed by atoms with van der Waals surface area (Å²) in [6, 6.07) is 17.0. The molecule has 1 aromatic heterocycles. The zero-order chi connectivity index (χ0) is 22.4. The van der Waals surface area contributed by atoms with Crippen LogP contribution in [0, 0.1) is 13.8 Å². The van der Waals surface area contributed by atoms with Gasteiger partial charge in [0.1, 0.15) is 0 Å². The summed E-state index contributed by atoms with van der Waals surface area (Å²) in [4.78, 5) is 24.0. The number of carbonyl (C=O) groups excluding carboxylic acids is 2. The first-order chi connectivity index (χ1) is 14.9. The maximum Gasteiger partial charge on any atom is 0.310 e. The molecule has 160 valence electrons. The number of carbonyl (C=O) groups is 2. The fraction of sp³-hybridized carbons (Fsp3) is 0.208. The molecule has 2 aromatic carbocycles. The number of aryl methyl sites for hydroxylation is 1. The number of ether oxygens (including phenoxy) is 1. The van der Waals surface area contributed by atoms with E-state index < -0.39 is 0 Å². The van der Waals surface area contributed by atoms with E-state index >= 15 is 0 Å². The number of halogens is 1. The summed E-state index contributed by atoms with van der Waals surface area (Å²) in [6.45, 7) is 6.19. The van der Waals surface area contributed by atoms with Crippen molar-refractivity contribution in [3.63, 3.8) is 0 Å². The number of hydrogen-bond acceptors (Lipinski definition) is 4. The van der Waals surface area contributed by atoms with Crippen LogP contribution < -0.4 is 5.43 Å². The fourth-order valence-electron chi connectivity index (χ4n) is 3.32. The Balaban J connectivity index is 1.73. The van der Waals surface area contributed by atoms with Crippen molar-refractivity contribution < 1.29 is 14.3 Å². The first kappa shape index (κ1) is 22.5. The number of nitrogens with one attached hydrogen (secondary N) is 1. The number of hydrazone groups is 1. The molecule has 1 N–H and O–H groups in total. The highest BCUT2D eigenvalue weighted by molar-refractivity contribution is 9.10. The van der Waals surface area contributed by atoms with Gasteiger partial charge in [0, 0.05) is 27.1 Å². The van der Waals surface area contributed by atoms with Crippen LogP contribution in [0.25, 0.3) is 5.69 Å². The smallest absolute Gasteiger partial charge is 0.310 e. The zero-order valence-electron chi connectivity index (χ0n) is 17.7. The lowest BCUT2D eigenvalue weighted by Gasteiger charge is -2.10. The SMILES string of the molecule is CCOC(=O)Cc1ccc(-n2c(C)cc(/C=N/NC(=O)c3ccccc3Br)c2C)cc1. The quantitative estimate of drug-likeness (QED) is 0.301. The van der Waals surface area contributed by atoms with E-state index in [0.717, 1.165) is 28.2 Å². The lowest BCUT2D eigenvalue weighted by atomic mass is 10.1. The standard InChI is InChI=1S/C24H24BrN3O3/c1-4-31-23(29)14-18-9-11-20(12-10-18)28-16(2)13-19(17(28)3)15-26-27-24(30)21-7-5-6-8-22(21)25/h5-13,15H,4,14H2,1-3H3,(H,27,30)/b26-15+. The molecule has 0 atom stereocenters. The number of hydrogen-bond donors (Lipinski definition) is 1. The normalized spacial score (nSPS) is 11.0. The molecule has 0 bridgehead atoms. The first-order valence-corrected chi connectivity index (χ1v) is 10.7. The van der Waals surface area contributed by atoms with Gasteiger partial charge in [-0.05, 0) is 72.6 Å². The van der Waals surface area contributed by atoms with Gasteiger partial charge in [-0.15, -0.1) is 0 Å². The minimum atomic E-state index is -0.283. The van der Waals surface area contributed by atoms with Crippen molar-refractivity contribution in [1.82, 2.24) is 9.99 Å². The third-order valence-corrected chi connectivity index (χ3v) is 5.50. The van der Waals surface area contributed by atoms with Gasteiger partial charge in [-0.3, -0.25) is 9.59 Å². The van der Waals surface area contributed by atoms with Crippen LogP contribution in [0.15, 0.2) is 64.2 Å². The Morgan fingerprint density at radius 3 is 2.52 bits per heavy atom. The number of amides is 1. The second kappa shape index (κ2) is 10.2. The molecule has 0 aliphatic carbocycles. The Bertz CT molecular complexity index is 1120. The predicted octanol–water partition coefficient (Wildman–Crippen LogP) is 4.73. The maximum atomic E-state index is 12.3. The van der Waals surface area contributed by atoms with Gasteiger partial charge in [-0.2, -0.15) is 5.10 Å². The minimum Gasteiger partial charge on any atom is -0.466 e. The Morgan fingerprint density at radius 1 is 1.13 bits per heavy atom. The van der Waals surface area contributed by atoms with Crippen molar-refractivity contribution in [2.75, 3.05) is 6.61 Å². The summed E-state index contributed by atoms with van der Waals surface area (Å²) in [5, 5.41) is 4.12. The summed E-state index contributed by atoms with van der Waals surface area (Å²) in [7, 11) is 0. The Hall–Kier alpha value is -3.19. The summed E-state index contributed by atoms with van der Waals surface area (Å²) >= 11 is 3.37. The van der Waals surface area contributed by atoms with Crippen molar-refractivity contribution in [1.29, 1.82) is 0 Å². The third-order valence-electron chi connectivity index (χ3n) is 4.81. The van der Waals surface area contributed by atoms with Gasteiger partial charge in [0.05, 0.1) is 24.8 Å². The average molecular weight is 482 g/mol. The van der Waals surface area contributed by atoms with Crippen LogP contribution in [0.3, 0.4) is 0 Å². The van der Waals surface area contributed by atoms with Crippen LogP contribution in [0.5, 0.6) is 0 Å². The van der Waals surface area contributed by atoms with Crippen molar-refractivity contribution >= 4 is 34.0 Å². The summed E-state index contributed by atoms with van der Waals surface area (Å²) in [5.41, 5.74) is 7.91. The molecule has 31 heavy (non-hydrogen) atoms. The van der Waals surface area contributed by atoms with E-state index in [1.54, 1.807) is 25.3 Å². The highest BCUT2D eigenvalue weighted by Gasteiger charge is 2.11. The molecule has 0 saturated heterocycles. The molecule has 6 nitrogen and oxygen atoms in total. The van der Waals surface area contributed by atoms with Crippen molar-refractivity contribution in [2.45, 2.75) is 27.2 Å². The van der Waals surface area contributed by atoms with Crippen molar-refractivity contribution in [2.24, 2.45) is 5.10 Å². The van der Waals surface area contributed by atoms with Gasteiger partial charge in [0.15, 0.2) is 0 Å². The van der Waals surface area contributed by atoms with E-state index in [9.17, 15) is 9.59 Å². The molecule has 1 heterocycles. The predicted molar refractivity (Wildman–Crippen MR) is 125 cm³/mol. The van der Waals surface area contributed by atoms with Crippen LogP contribution in [-0.2, 0) is 16.0 Å². The molecular formula is C24H24BrN3O3. The van der Waals surface area contributed by atoms with E-state index in [2.05, 4.69) is 31.0 Å². The van der Waals surface area contributed by atoms with E-state index in [4.69, 9.17) is 4.74 Å². The van der Waals surface area contributed by atoms with Crippen LogP contribution in [0.1, 0.15) is 39.8 Å². The molecule has 7 heteroatoms. The Labute approximate surface area is 190 Å². The van der Waals surface area contributed by atoms with Crippen molar-refractivity contribution in [3.05, 3.63) is 87.1 Å². The number of esters is 1. The molecule has 0 saturated carbocycles. The summed E-state index contributed by atoms with van der Waals surface area (Å²) in [5.74, 6) is -0.513. The first-order valence-electron chi connectivity index (χ1n) is 9.92. The molecule has 0 aliphatic rings. The topological polar surface area (TPSA) is 72.7 Å². The fourth-order valence-corrected chi connectivity index (χ4v) is 3.79. The Morgan fingerprint density at radius 2 is 1.84 bits per heavy atom. The van der Waals surface area contributed by atoms with E-state index in [1.807, 2.05) is 56.3 Å². The number of aromatic nitrogens is 1. The van der Waals surface area contributed by atoms with Gasteiger partial charge in [-0.25, -0.2) is 5.43 Å². The second-order valence-corrected chi connectivity index (χ2v) is 7.84. The largest absolute Gasteiger partial charge is 0.466 e. The number of rotatable bonds is 7. The number of nitrogens with zero attached hydrogens (tertiary/aromatic N) is 2. The van der Waals surface area contributed by atoms with Crippen LogP contribution in [0.2, 0.25) is 0 Å². The van der Waals surface area contributed by atoms with E-state index in [-0.39, 0.29) is 18.3 Å². The molecule has 3 rings (SSSR count). The maximum absolute atomic E-state index is 12.3. The van der Waals surface area contributed by atoms with Gasteiger partial charge in [0.25, 0.3) is 5.91 Å². The zero-order valence-corrected chi connectivity index (χ0v) is 19.3. The molecule has 0 aliphatic heterocycles. The van der Waals surface area contributed by atoms with Gasteiger partial charge in [0.2, 0.25) is 0 Å².